The van der Waals surface area contributed by atoms with Crippen molar-refractivity contribution in [3.05, 3.63) is 24.2 Å². The van der Waals surface area contributed by atoms with E-state index in [1.807, 2.05) is 6.07 Å². The van der Waals surface area contributed by atoms with Crippen molar-refractivity contribution in [2.75, 3.05) is 39.8 Å². The van der Waals surface area contributed by atoms with Gasteiger partial charge < -0.3 is 20.4 Å². The van der Waals surface area contributed by atoms with Crippen LogP contribution in [0.1, 0.15) is 69.6 Å². The number of carbonyl (C=O) groups excluding carboxylic acids is 1. The Hall–Kier alpha value is -1.29. The van der Waals surface area contributed by atoms with Crippen LogP contribution in [0.3, 0.4) is 0 Å². The molecule has 2 fully saturated rings. The van der Waals surface area contributed by atoms with E-state index < -0.39 is 0 Å². The van der Waals surface area contributed by atoms with Gasteiger partial charge in [0.05, 0.1) is 12.3 Å². The quantitative estimate of drug-likeness (QED) is 0.191. The van der Waals surface area contributed by atoms with Crippen LogP contribution >= 0.6 is 24.0 Å². The molecular weight excluding hydrogens is 505 g/mol. The van der Waals surface area contributed by atoms with Crippen LogP contribution in [-0.4, -0.2) is 56.5 Å². The van der Waals surface area contributed by atoms with Gasteiger partial charge in [0, 0.05) is 33.1 Å². The lowest BCUT2D eigenvalue weighted by atomic mass is 9.87. The van der Waals surface area contributed by atoms with E-state index in [1.54, 1.807) is 13.3 Å². The second kappa shape index (κ2) is 14.7. The highest BCUT2D eigenvalue weighted by molar-refractivity contribution is 14.0. The zero-order valence-corrected chi connectivity index (χ0v) is 21.2. The van der Waals surface area contributed by atoms with Gasteiger partial charge in [-0.1, -0.05) is 25.7 Å². The van der Waals surface area contributed by atoms with Crippen molar-refractivity contribution in [1.82, 2.24) is 20.9 Å². The van der Waals surface area contributed by atoms with Crippen LogP contribution in [0.2, 0.25) is 0 Å². The SMILES string of the molecule is CN=C(NCCNC(=O)CC1CCCCC1)NCC(c1ccco1)N1CCCCC1.I. The molecule has 31 heavy (non-hydrogen) atoms. The number of hydrogen-bond donors (Lipinski definition) is 3. The van der Waals surface area contributed by atoms with E-state index in [-0.39, 0.29) is 35.9 Å². The molecule has 2 heterocycles. The molecule has 0 radical (unpaired) electrons. The van der Waals surface area contributed by atoms with Crippen molar-refractivity contribution >= 4 is 35.8 Å². The highest BCUT2D eigenvalue weighted by Gasteiger charge is 2.24. The van der Waals surface area contributed by atoms with E-state index >= 15 is 0 Å². The minimum absolute atomic E-state index is 0. The number of rotatable bonds is 9. The minimum atomic E-state index is 0. The van der Waals surface area contributed by atoms with Gasteiger partial charge in [-0.05, 0) is 56.8 Å². The standard InChI is InChI=1S/C23H39N5O2.HI/c1-24-23(26-13-12-25-22(29)17-19-9-4-2-5-10-19)27-18-20(21-11-8-16-30-21)28-14-6-3-7-15-28;/h8,11,16,19-20H,2-7,9-10,12-15,17-18H2,1H3,(H,25,29)(H2,24,26,27);1H. The molecule has 3 N–H and O–H groups in total. The number of guanidine groups is 1. The summed E-state index contributed by atoms with van der Waals surface area (Å²) >= 11 is 0. The molecular formula is C23H40IN5O2. The Morgan fingerprint density at radius 2 is 1.81 bits per heavy atom. The minimum Gasteiger partial charge on any atom is -0.468 e. The van der Waals surface area contributed by atoms with E-state index in [4.69, 9.17) is 4.42 Å². The first-order valence-electron chi connectivity index (χ1n) is 11.7. The first-order chi connectivity index (χ1) is 14.8. The molecule has 1 amide bonds. The van der Waals surface area contributed by atoms with Crippen LogP contribution in [-0.2, 0) is 4.79 Å². The number of carbonyl (C=O) groups is 1. The first-order valence-corrected chi connectivity index (χ1v) is 11.7. The summed E-state index contributed by atoms with van der Waals surface area (Å²) < 4.78 is 5.71. The maximum Gasteiger partial charge on any atom is 0.220 e. The van der Waals surface area contributed by atoms with E-state index in [0.29, 0.717) is 25.4 Å². The summed E-state index contributed by atoms with van der Waals surface area (Å²) in [7, 11) is 1.78. The molecule has 1 aromatic heterocycles. The van der Waals surface area contributed by atoms with Gasteiger partial charge in [0.1, 0.15) is 5.76 Å². The van der Waals surface area contributed by atoms with Crippen LogP contribution in [0.15, 0.2) is 27.8 Å². The number of halogens is 1. The second-order valence-electron chi connectivity index (χ2n) is 8.57. The summed E-state index contributed by atoms with van der Waals surface area (Å²) in [6, 6.07) is 4.21. The molecule has 0 bridgehead atoms. The molecule has 1 aromatic rings. The number of nitrogens with one attached hydrogen (secondary N) is 3. The molecule has 1 saturated carbocycles. The van der Waals surface area contributed by atoms with Crippen LogP contribution in [0, 0.1) is 5.92 Å². The number of likely N-dealkylation sites (tertiary alicyclic amines) is 1. The number of hydrogen-bond acceptors (Lipinski definition) is 4. The average Bonchev–Trinajstić information content (AvgIpc) is 3.31. The van der Waals surface area contributed by atoms with Gasteiger partial charge in [-0.25, -0.2) is 0 Å². The van der Waals surface area contributed by atoms with Gasteiger partial charge >= 0.3 is 0 Å². The number of aliphatic imine (C=N–C) groups is 1. The third-order valence-corrected chi connectivity index (χ3v) is 6.33. The van der Waals surface area contributed by atoms with Crippen molar-refractivity contribution in [2.45, 2.75) is 63.8 Å². The predicted octanol–water partition coefficient (Wildman–Crippen LogP) is 3.68. The van der Waals surface area contributed by atoms with Crippen LogP contribution in [0.5, 0.6) is 0 Å². The molecule has 1 unspecified atom stereocenters. The van der Waals surface area contributed by atoms with Crippen molar-refractivity contribution in [2.24, 2.45) is 10.9 Å². The maximum atomic E-state index is 12.1. The summed E-state index contributed by atoms with van der Waals surface area (Å²) in [6.07, 6.45) is 12.5. The Morgan fingerprint density at radius 3 is 2.48 bits per heavy atom. The van der Waals surface area contributed by atoms with E-state index in [9.17, 15) is 4.79 Å². The molecule has 1 aliphatic carbocycles. The maximum absolute atomic E-state index is 12.1. The van der Waals surface area contributed by atoms with Crippen molar-refractivity contribution < 1.29 is 9.21 Å². The third-order valence-electron chi connectivity index (χ3n) is 6.33. The fourth-order valence-electron chi connectivity index (χ4n) is 4.64. The van der Waals surface area contributed by atoms with Crippen LogP contribution in [0.25, 0.3) is 0 Å². The van der Waals surface area contributed by atoms with E-state index in [2.05, 4.69) is 31.9 Å². The lowest BCUT2D eigenvalue weighted by molar-refractivity contribution is -0.122. The lowest BCUT2D eigenvalue weighted by Gasteiger charge is -2.33. The van der Waals surface area contributed by atoms with Gasteiger partial charge in [0.15, 0.2) is 5.96 Å². The largest absolute Gasteiger partial charge is 0.468 e. The number of furan rings is 1. The molecule has 0 spiro atoms. The number of nitrogens with zero attached hydrogens (tertiary/aromatic N) is 2. The molecule has 1 saturated heterocycles. The lowest BCUT2D eigenvalue weighted by Crippen LogP contribution is -2.46. The smallest absolute Gasteiger partial charge is 0.220 e. The number of amides is 1. The molecule has 8 heteroatoms. The van der Waals surface area contributed by atoms with Crippen molar-refractivity contribution in [3.63, 3.8) is 0 Å². The molecule has 2 aliphatic rings. The van der Waals surface area contributed by atoms with E-state index in [0.717, 1.165) is 31.4 Å². The van der Waals surface area contributed by atoms with Crippen LogP contribution < -0.4 is 16.0 Å². The highest BCUT2D eigenvalue weighted by atomic mass is 127. The van der Waals surface area contributed by atoms with Gasteiger partial charge in [-0.3, -0.25) is 14.7 Å². The fraction of sp³-hybridized carbons (Fsp3) is 0.739. The van der Waals surface area contributed by atoms with Crippen molar-refractivity contribution in [1.29, 1.82) is 0 Å². The normalized spacial score (nSPS) is 19.3. The third kappa shape index (κ3) is 9.00. The van der Waals surface area contributed by atoms with Crippen molar-refractivity contribution in [3.8, 4) is 0 Å². The Morgan fingerprint density at radius 1 is 1.10 bits per heavy atom. The molecule has 0 aromatic carbocycles. The average molecular weight is 546 g/mol. The zero-order valence-electron chi connectivity index (χ0n) is 18.9. The Kier molecular flexibility index (Phi) is 12.3. The Labute approximate surface area is 204 Å². The summed E-state index contributed by atoms with van der Waals surface area (Å²) in [5.74, 6) is 2.50. The Bertz CT molecular complexity index is 640. The molecule has 1 aliphatic heterocycles. The molecule has 1 atom stereocenters. The molecule has 7 nitrogen and oxygen atoms in total. The summed E-state index contributed by atoms with van der Waals surface area (Å²) in [4.78, 5) is 19.0. The molecule has 3 rings (SSSR count). The second-order valence-corrected chi connectivity index (χ2v) is 8.57. The summed E-state index contributed by atoms with van der Waals surface area (Å²) in [6.45, 7) is 4.21. The first kappa shape index (κ1) is 26.0. The van der Waals surface area contributed by atoms with Gasteiger partial charge in [0.2, 0.25) is 5.91 Å². The van der Waals surface area contributed by atoms with Crippen LogP contribution in [0.4, 0.5) is 0 Å². The fourth-order valence-corrected chi connectivity index (χ4v) is 4.64. The van der Waals surface area contributed by atoms with Gasteiger partial charge in [0.25, 0.3) is 0 Å². The number of piperidine rings is 1. The Balaban J connectivity index is 0.00000341. The summed E-state index contributed by atoms with van der Waals surface area (Å²) in [5, 5.41) is 9.78. The highest BCUT2D eigenvalue weighted by Crippen LogP contribution is 2.26. The summed E-state index contributed by atoms with van der Waals surface area (Å²) in [5.41, 5.74) is 0. The monoisotopic (exact) mass is 545 g/mol. The van der Waals surface area contributed by atoms with Gasteiger partial charge in [-0.15, -0.1) is 24.0 Å². The molecule has 176 valence electrons. The van der Waals surface area contributed by atoms with E-state index in [1.165, 1.54) is 51.4 Å². The predicted molar refractivity (Wildman–Crippen MR) is 136 cm³/mol. The topological polar surface area (TPSA) is 81.9 Å². The zero-order chi connectivity index (χ0) is 21.0. The van der Waals surface area contributed by atoms with Gasteiger partial charge in [-0.2, -0.15) is 0 Å².